The van der Waals surface area contributed by atoms with Crippen molar-refractivity contribution in [1.29, 1.82) is 0 Å². The number of unbranched alkanes of at least 4 members (excludes halogenated alkanes) is 2. The largest absolute Gasteiger partial charge is 0.309 e. The molecule has 10 rings (SSSR count). The summed E-state index contributed by atoms with van der Waals surface area (Å²) in [7, 11) is 0. The summed E-state index contributed by atoms with van der Waals surface area (Å²) in [6.07, 6.45) is 6.43. The van der Waals surface area contributed by atoms with Crippen LogP contribution in [0, 0.1) is 0 Å². The average molecular weight is 930 g/mol. The Bertz CT molecular complexity index is 3320. The van der Waals surface area contributed by atoms with Crippen LogP contribution in [-0.2, 0) is 23.7 Å². The van der Waals surface area contributed by atoms with E-state index < -0.39 is 0 Å². The number of aromatic nitrogens is 7. The first-order chi connectivity index (χ1) is 34.3. The van der Waals surface area contributed by atoms with Crippen LogP contribution in [0.5, 0.6) is 0 Å². The Balaban J connectivity index is 1.27. The van der Waals surface area contributed by atoms with E-state index in [-0.39, 0.29) is 10.8 Å². The van der Waals surface area contributed by atoms with Gasteiger partial charge in [-0.1, -0.05) is 177 Å². The number of fused-ring (bicyclic) bond motifs is 3. The molecule has 0 atom stereocenters. The molecule has 0 unspecified atom stereocenters. The lowest BCUT2D eigenvalue weighted by Gasteiger charge is -2.22. The van der Waals surface area contributed by atoms with Crippen LogP contribution in [0.2, 0.25) is 0 Å². The lowest BCUT2D eigenvalue weighted by molar-refractivity contribution is 0.589. The number of nitrogens with zero attached hydrogens (tertiary/aromatic N) is 7. The number of para-hydroxylation sites is 2. The van der Waals surface area contributed by atoms with Crippen LogP contribution in [-0.4, -0.2) is 34.5 Å². The van der Waals surface area contributed by atoms with Gasteiger partial charge in [0.25, 0.3) is 0 Å². The number of aryl methyl sites for hydroxylation is 2. The molecule has 0 radical (unpaired) electrons. The molecule has 0 aliphatic rings. The fourth-order valence-corrected chi connectivity index (χ4v) is 9.48. The van der Waals surface area contributed by atoms with Crippen LogP contribution in [0.25, 0.3) is 95.8 Å². The van der Waals surface area contributed by atoms with E-state index in [0.29, 0.717) is 34.9 Å². The Labute approximate surface area is 419 Å². The van der Waals surface area contributed by atoms with Crippen molar-refractivity contribution in [3.8, 4) is 74.0 Å². The van der Waals surface area contributed by atoms with Crippen molar-refractivity contribution < 1.29 is 0 Å². The first-order valence-corrected chi connectivity index (χ1v) is 25.4. The van der Waals surface area contributed by atoms with Gasteiger partial charge in [0.15, 0.2) is 34.9 Å². The minimum Gasteiger partial charge on any atom is -0.309 e. The Morgan fingerprint density at radius 2 is 0.761 bits per heavy atom. The van der Waals surface area contributed by atoms with Crippen molar-refractivity contribution in [3.05, 3.63) is 186 Å². The van der Waals surface area contributed by atoms with E-state index in [1.54, 1.807) is 0 Å². The smallest absolute Gasteiger partial charge is 0.166 e. The molecule has 0 bridgehead atoms. The molecule has 3 heterocycles. The predicted molar refractivity (Wildman–Crippen MR) is 295 cm³/mol. The van der Waals surface area contributed by atoms with Gasteiger partial charge in [-0.2, -0.15) is 0 Å². The summed E-state index contributed by atoms with van der Waals surface area (Å²) >= 11 is 0. The van der Waals surface area contributed by atoms with Gasteiger partial charge >= 0.3 is 0 Å². The Morgan fingerprint density at radius 3 is 1.20 bits per heavy atom. The number of rotatable bonds is 13. The van der Waals surface area contributed by atoms with E-state index in [9.17, 15) is 0 Å². The second-order valence-corrected chi connectivity index (χ2v) is 21.0. The number of benzene rings is 7. The summed E-state index contributed by atoms with van der Waals surface area (Å²) in [5, 5.41) is 2.34. The first-order valence-electron chi connectivity index (χ1n) is 25.4. The SMILES string of the molecule is CCCCc1cc(-c2nc(-c3cc(CCCC)cc(C(C)(C)C)c3)nc(-c3ccc(-n4c5ccccc5c5ccccc54)c(-c4nc(-c5ccccc5)nc(-c5ccccc5)n4)c3)n2)cc(C(C)(C)C)c1. The molecule has 0 aliphatic carbocycles. The molecule has 10 aromatic rings. The fraction of sp³-hybridized carbons (Fsp3) is 0.250. The highest BCUT2D eigenvalue weighted by atomic mass is 15.1. The standard InChI is InChI=1S/C64H63N7/c1-9-11-23-42-35-47(39-49(37-42)63(3,4)5)60-66-59(67-61(68-60)48-36-43(24-12-10-2)38-50(40-48)64(6,7)8)46-33-34-56(71-54-31-21-19-29-51(54)52-30-20-22-32-55(52)71)53(41-46)62-69-57(44-25-15-13-16-26-44)65-58(70-62)45-27-17-14-18-28-45/h13-22,25-41H,9-12,23-24H2,1-8H3. The topological polar surface area (TPSA) is 82.3 Å². The monoisotopic (exact) mass is 930 g/mol. The molecular weight excluding hydrogens is 867 g/mol. The van der Waals surface area contributed by atoms with E-state index in [1.165, 1.54) is 33.0 Å². The highest BCUT2D eigenvalue weighted by Gasteiger charge is 2.24. The molecule has 7 nitrogen and oxygen atoms in total. The van der Waals surface area contributed by atoms with Gasteiger partial charge in [-0.15, -0.1) is 0 Å². The maximum atomic E-state index is 5.46. The zero-order valence-corrected chi connectivity index (χ0v) is 42.5. The summed E-state index contributed by atoms with van der Waals surface area (Å²) in [4.78, 5) is 32.1. The summed E-state index contributed by atoms with van der Waals surface area (Å²) in [5.74, 6) is 3.60. The third-order valence-corrected chi connectivity index (χ3v) is 13.5. The zero-order valence-electron chi connectivity index (χ0n) is 42.5. The van der Waals surface area contributed by atoms with Crippen molar-refractivity contribution in [2.45, 2.75) is 105 Å². The van der Waals surface area contributed by atoms with Gasteiger partial charge in [0, 0.05) is 44.2 Å². The van der Waals surface area contributed by atoms with E-state index in [0.717, 1.165) is 88.6 Å². The maximum absolute atomic E-state index is 5.46. The van der Waals surface area contributed by atoms with E-state index in [1.807, 2.05) is 36.4 Å². The summed E-state index contributed by atoms with van der Waals surface area (Å²) < 4.78 is 2.34. The fourth-order valence-electron chi connectivity index (χ4n) is 9.48. The van der Waals surface area contributed by atoms with E-state index in [4.69, 9.17) is 29.9 Å². The van der Waals surface area contributed by atoms with Gasteiger partial charge in [0.2, 0.25) is 0 Å². The van der Waals surface area contributed by atoms with Crippen LogP contribution in [0.4, 0.5) is 0 Å². The quantitative estimate of drug-likeness (QED) is 0.115. The average Bonchev–Trinajstić information content (AvgIpc) is 3.73. The van der Waals surface area contributed by atoms with E-state index >= 15 is 0 Å². The van der Waals surface area contributed by atoms with Crippen molar-refractivity contribution in [2.24, 2.45) is 0 Å². The van der Waals surface area contributed by atoms with Gasteiger partial charge in [0.05, 0.1) is 16.7 Å². The number of hydrogen-bond acceptors (Lipinski definition) is 6. The molecule has 0 spiro atoms. The molecule has 0 aliphatic heterocycles. The summed E-state index contributed by atoms with van der Waals surface area (Å²) in [6, 6.07) is 58.0. The minimum absolute atomic E-state index is 0.0792. The molecule has 7 heteroatoms. The molecule has 3 aromatic heterocycles. The molecule has 0 N–H and O–H groups in total. The molecule has 354 valence electrons. The van der Waals surface area contributed by atoms with Gasteiger partial charge < -0.3 is 4.57 Å². The van der Waals surface area contributed by atoms with E-state index in [2.05, 4.69) is 187 Å². The highest BCUT2D eigenvalue weighted by Crippen LogP contribution is 2.39. The van der Waals surface area contributed by atoms with Gasteiger partial charge in [0.1, 0.15) is 0 Å². The molecule has 0 amide bonds. The Kier molecular flexibility index (Phi) is 13.0. The van der Waals surface area contributed by atoms with Crippen LogP contribution in [0.15, 0.2) is 164 Å². The highest BCUT2D eigenvalue weighted by molar-refractivity contribution is 6.09. The lowest BCUT2D eigenvalue weighted by Crippen LogP contribution is -2.13. The van der Waals surface area contributed by atoms with Gasteiger partial charge in [-0.25, -0.2) is 29.9 Å². The second-order valence-electron chi connectivity index (χ2n) is 21.0. The molecule has 0 fully saturated rings. The second kappa shape index (κ2) is 19.6. The van der Waals surface area contributed by atoms with Crippen molar-refractivity contribution in [1.82, 2.24) is 34.5 Å². The molecule has 0 saturated heterocycles. The summed E-state index contributed by atoms with van der Waals surface area (Å²) in [5.41, 5.74) is 13.5. The first kappa shape index (κ1) is 47.1. The Hall–Kier alpha value is -7.64. The van der Waals surface area contributed by atoms with Gasteiger partial charge in [-0.05, 0) is 113 Å². The van der Waals surface area contributed by atoms with Crippen LogP contribution >= 0.6 is 0 Å². The van der Waals surface area contributed by atoms with Crippen LogP contribution in [0.3, 0.4) is 0 Å². The molecular formula is C64H63N7. The Morgan fingerprint density at radius 1 is 0.366 bits per heavy atom. The summed E-state index contributed by atoms with van der Waals surface area (Å²) in [6.45, 7) is 18.2. The van der Waals surface area contributed by atoms with Crippen molar-refractivity contribution in [2.75, 3.05) is 0 Å². The van der Waals surface area contributed by atoms with Gasteiger partial charge in [-0.3, -0.25) is 0 Å². The van der Waals surface area contributed by atoms with Crippen molar-refractivity contribution >= 4 is 21.8 Å². The minimum atomic E-state index is -0.0792. The van der Waals surface area contributed by atoms with Crippen LogP contribution in [0.1, 0.15) is 103 Å². The third kappa shape index (κ3) is 9.92. The molecule has 7 aromatic carbocycles. The lowest BCUT2D eigenvalue weighted by atomic mass is 9.84. The molecule has 71 heavy (non-hydrogen) atoms. The molecule has 0 saturated carbocycles. The van der Waals surface area contributed by atoms with Crippen molar-refractivity contribution in [3.63, 3.8) is 0 Å². The third-order valence-electron chi connectivity index (χ3n) is 13.5. The predicted octanol–water partition coefficient (Wildman–Crippen LogP) is 16.4. The normalized spacial score (nSPS) is 12.0. The maximum Gasteiger partial charge on any atom is 0.166 e. The zero-order chi connectivity index (χ0) is 49.3. The van der Waals surface area contributed by atoms with Crippen LogP contribution < -0.4 is 0 Å². The number of hydrogen-bond donors (Lipinski definition) is 0.